The highest BCUT2D eigenvalue weighted by atomic mass is 16.6. The first-order valence-corrected chi connectivity index (χ1v) is 6.74. The van der Waals surface area contributed by atoms with Crippen LogP contribution in [0.1, 0.15) is 11.1 Å². The minimum Gasteiger partial charge on any atom is -0.497 e. The Hall–Kier alpha value is -3.22. The second-order valence-electron chi connectivity index (χ2n) is 4.72. The minimum absolute atomic E-state index is 0.118. The maximum absolute atomic E-state index is 11.9. The number of nitrogens with one attached hydrogen (secondary N) is 1. The zero-order chi connectivity index (χ0) is 16.8. The lowest BCUT2D eigenvalue weighted by Gasteiger charge is -2.04. The Labute approximate surface area is 132 Å². The van der Waals surface area contributed by atoms with E-state index in [9.17, 15) is 14.9 Å². The summed E-state index contributed by atoms with van der Waals surface area (Å²) >= 11 is 0. The maximum Gasteiger partial charge on any atom is 0.287 e. The molecule has 23 heavy (non-hydrogen) atoms. The Balaban J connectivity index is 2.07. The topological polar surface area (TPSA) is 94.4 Å². The molecule has 0 saturated heterocycles. The summed E-state index contributed by atoms with van der Waals surface area (Å²) in [5.41, 5.74) is 1.21. The Kier molecular flexibility index (Phi) is 5.03. The van der Waals surface area contributed by atoms with E-state index >= 15 is 0 Å². The van der Waals surface area contributed by atoms with Gasteiger partial charge in [0.15, 0.2) is 0 Å². The molecule has 118 valence electrons. The number of pyridine rings is 1. The fourth-order valence-corrected chi connectivity index (χ4v) is 1.87. The summed E-state index contributed by atoms with van der Waals surface area (Å²) in [4.78, 5) is 25.9. The van der Waals surface area contributed by atoms with Gasteiger partial charge in [0.1, 0.15) is 17.8 Å². The first-order chi connectivity index (χ1) is 11.0. The van der Waals surface area contributed by atoms with E-state index in [0.717, 1.165) is 11.8 Å². The second-order valence-corrected chi connectivity index (χ2v) is 4.72. The molecule has 0 unspecified atom stereocenters. The molecule has 1 N–H and O–H groups in total. The van der Waals surface area contributed by atoms with Gasteiger partial charge in [0.2, 0.25) is 5.91 Å². The number of benzene rings is 1. The third kappa shape index (κ3) is 4.37. The van der Waals surface area contributed by atoms with Gasteiger partial charge in [-0.1, -0.05) is 12.1 Å². The number of amides is 1. The first kappa shape index (κ1) is 16.2. The first-order valence-electron chi connectivity index (χ1n) is 6.74. The highest BCUT2D eigenvalue weighted by Crippen LogP contribution is 2.18. The van der Waals surface area contributed by atoms with Crippen molar-refractivity contribution in [2.24, 2.45) is 0 Å². The normalized spacial score (nSPS) is 10.5. The van der Waals surface area contributed by atoms with Crippen LogP contribution in [0.15, 0.2) is 42.6 Å². The van der Waals surface area contributed by atoms with Crippen molar-refractivity contribution in [1.29, 1.82) is 0 Å². The molecule has 7 nitrogen and oxygen atoms in total. The number of nitrogens with zero attached hydrogens (tertiary/aromatic N) is 2. The Bertz CT molecular complexity index is 772. The molecular weight excluding hydrogens is 298 g/mol. The van der Waals surface area contributed by atoms with Crippen molar-refractivity contribution in [3.05, 3.63) is 63.8 Å². The van der Waals surface area contributed by atoms with Gasteiger partial charge in [0.25, 0.3) is 5.69 Å². The van der Waals surface area contributed by atoms with Crippen molar-refractivity contribution >= 4 is 23.5 Å². The Morgan fingerprint density at radius 1 is 1.39 bits per heavy atom. The van der Waals surface area contributed by atoms with Gasteiger partial charge < -0.3 is 10.1 Å². The average Bonchev–Trinajstić information content (AvgIpc) is 2.55. The molecular formula is C16H15N3O4. The molecule has 2 rings (SSSR count). The van der Waals surface area contributed by atoms with Crippen LogP contribution in [0, 0.1) is 17.0 Å². The number of aromatic nitrogens is 1. The molecule has 0 radical (unpaired) electrons. The number of ether oxygens (including phenoxy) is 1. The second kappa shape index (κ2) is 7.17. The van der Waals surface area contributed by atoms with E-state index in [1.54, 1.807) is 26.2 Å². The molecule has 0 spiro atoms. The van der Waals surface area contributed by atoms with Gasteiger partial charge in [0.05, 0.1) is 12.0 Å². The summed E-state index contributed by atoms with van der Waals surface area (Å²) in [5.74, 6) is 0.605. The third-order valence-electron chi connectivity index (χ3n) is 3.04. The number of carbonyl (C=O) groups excluding carboxylic acids is 1. The van der Waals surface area contributed by atoms with E-state index in [0.29, 0.717) is 11.3 Å². The molecule has 2 aromatic rings. The van der Waals surface area contributed by atoms with Gasteiger partial charge in [-0.25, -0.2) is 4.98 Å². The number of hydrogen-bond donors (Lipinski definition) is 1. The largest absolute Gasteiger partial charge is 0.497 e. The minimum atomic E-state index is -0.533. The predicted octanol–water partition coefficient (Wildman–Crippen LogP) is 2.96. The van der Waals surface area contributed by atoms with Crippen molar-refractivity contribution in [2.45, 2.75) is 6.92 Å². The molecule has 0 aliphatic carbocycles. The lowest BCUT2D eigenvalue weighted by Crippen LogP contribution is -2.10. The molecule has 1 amide bonds. The third-order valence-corrected chi connectivity index (χ3v) is 3.04. The van der Waals surface area contributed by atoms with Crippen LogP contribution in [0.4, 0.5) is 11.5 Å². The summed E-state index contributed by atoms with van der Waals surface area (Å²) < 4.78 is 5.10. The molecule has 0 atom stereocenters. The SMILES string of the molecule is COc1cccc(/C=C/C(=O)Nc2ncc([N+](=O)[O-])cc2C)c1. The van der Waals surface area contributed by atoms with Gasteiger partial charge >= 0.3 is 0 Å². The molecule has 0 saturated carbocycles. The lowest BCUT2D eigenvalue weighted by molar-refractivity contribution is -0.385. The summed E-state index contributed by atoms with van der Waals surface area (Å²) in [6.45, 7) is 1.64. The zero-order valence-corrected chi connectivity index (χ0v) is 12.6. The van der Waals surface area contributed by atoms with Crippen molar-refractivity contribution in [3.63, 3.8) is 0 Å². The molecule has 0 aliphatic rings. The Morgan fingerprint density at radius 2 is 2.17 bits per heavy atom. The number of nitro groups is 1. The van der Waals surface area contributed by atoms with Crippen LogP contribution in [-0.4, -0.2) is 22.9 Å². The number of carbonyl (C=O) groups is 1. The molecule has 7 heteroatoms. The Morgan fingerprint density at radius 3 is 2.83 bits per heavy atom. The number of rotatable bonds is 5. The van der Waals surface area contributed by atoms with Gasteiger partial charge in [-0.3, -0.25) is 14.9 Å². The summed E-state index contributed by atoms with van der Waals surface area (Å²) in [5, 5.41) is 13.2. The number of hydrogen-bond acceptors (Lipinski definition) is 5. The van der Waals surface area contributed by atoms with Gasteiger partial charge in [-0.2, -0.15) is 0 Å². The van der Waals surface area contributed by atoms with Crippen molar-refractivity contribution in [3.8, 4) is 5.75 Å². The number of aryl methyl sites for hydroxylation is 1. The quantitative estimate of drug-likeness (QED) is 0.520. The smallest absolute Gasteiger partial charge is 0.287 e. The van der Waals surface area contributed by atoms with Crippen LogP contribution < -0.4 is 10.1 Å². The standard InChI is InChI=1S/C16H15N3O4/c1-11-8-13(19(21)22)10-17-16(11)18-15(20)7-6-12-4-3-5-14(9-12)23-2/h3-10H,1-2H3,(H,17,18,20)/b7-6+. The lowest BCUT2D eigenvalue weighted by atomic mass is 10.2. The van der Waals surface area contributed by atoms with Crippen LogP contribution in [0.2, 0.25) is 0 Å². The molecule has 1 aromatic carbocycles. The van der Waals surface area contributed by atoms with E-state index in [1.807, 2.05) is 18.2 Å². The van der Waals surface area contributed by atoms with Crippen LogP contribution >= 0.6 is 0 Å². The van der Waals surface area contributed by atoms with Crippen LogP contribution in [-0.2, 0) is 4.79 Å². The molecule has 1 heterocycles. The van der Waals surface area contributed by atoms with E-state index in [1.165, 1.54) is 12.1 Å². The van der Waals surface area contributed by atoms with Crippen molar-refractivity contribution in [1.82, 2.24) is 4.98 Å². The monoisotopic (exact) mass is 313 g/mol. The van der Waals surface area contributed by atoms with Gasteiger partial charge in [-0.05, 0) is 36.3 Å². The molecule has 0 bridgehead atoms. The number of anilines is 1. The van der Waals surface area contributed by atoms with Crippen molar-refractivity contribution in [2.75, 3.05) is 12.4 Å². The van der Waals surface area contributed by atoms with Crippen LogP contribution in [0.25, 0.3) is 6.08 Å². The summed E-state index contributed by atoms with van der Waals surface area (Å²) in [6, 6.07) is 8.61. The van der Waals surface area contributed by atoms with Crippen molar-refractivity contribution < 1.29 is 14.5 Å². The summed E-state index contributed by atoms with van der Waals surface area (Å²) in [7, 11) is 1.57. The summed E-state index contributed by atoms with van der Waals surface area (Å²) in [6.07, 6.45) is 4.10. The highest BCUT2D eigenvalue weighted by molar-refractivity contribution is 6.01. The van der Waals surface area contributed by atoms with E-state index in [4.69, 9.17) is 4.74 Å². The van der Waals surface area contributed by atoms with Gasteiger partial charge in [-0.15, -0.1) is 0 Å². The fraction of sp³-hybridized carbons (Fsp3) is 0.125. The number of methoxy groups -OCH3 is 1. The highest BCUT2D eigenvalue weighted by Gasteiger charge is 2.10. The molecule has 0 fully saturated rings. The van der Waals surface area contributed by atoms with Gasteiger partial charge in [0, 0.05) is 12.1 Å². The molecule has 1 aromatic heterocycles. The van der Waals surface area contributed by atoms with E-state index in [2.05, 4.69) is 10.3 Å². The predicted molar refractivity (Wildman–Crippen MR) is 86.3 cm³/mol. The van der Waals surface area contributed by atoms with E-state index < -0.39 is 4.92 Å². The average molecular weight is 313 g/mol. The van der Waals surface area contributed by atoms with E-state index in [-0.39, 0.29) is 17.4 Å². The van der Waals surface area contributed by atoms with Crippen LogP contribution in [0.3, 0.4) is 0 Å². The maximum atomic E-state index is 11.9. The molecule has 0 aliphatic heterocycles. The fourth-order valence-electron chi connectivity index (χ4n) is 1.87. The van der Waals surface area contributed by atoms with Crippen LogP contribution in [0.5, 0.6) is 5.75 Å². The zero-order valence-electron chi connectivity index (χ0n) is 12.6.